The Balaban J connectivity index is 1.77. The molecule has 2 saturated heterocycles. The molecule has 0 aromatic carbocycles. The molecule has 0 radical (unpaired) electrons. The van der Waals surface area contributed by atoms with Crippen molar-refractivity contribution in [3.05, 3.63) is 0 Å². The average Bonchev–Trinajstić information content (AvgIpc) is 2.60. The molecule has 0 spiro atoms. The summed E-state index contributed by atoms with van der Waals surface area (Å²) >= 11 is 0. The highest BCUT2D eigenvalue weighted by Crippen LogP contribution is 2.25. The van der Waals surface area contributed by atoms with E-state index in [0.717, 1.165) is 52.0 Å². The number of hydrogen-bond donors (Lipinski definition) is 0. The molecule has 0 N–H and O–H groups in total. The summed E-state index contributed by atoms with van der Waals surface area (Å²) in [4.78, 5) is 14.1. The maximum absolute atomic E-state index is 12.1. The van der Waals surface area contributed by atoms with E-state index in [1.807, 2.05) is 4.90 Å². The molecule has 4 heteroatoms. The van der Waals surface area contributed by atoms with Gasteiger partial charge in [0.2, 0.25) is 5.91 Å². The second-order valence-corrected chi connectivity index (χ2v) is 6.03. The van der Waals surface area contributed by atoms with E-state index in [9.17, 15) is 4.79 Å². The molecule has 2 heterocycles. The molecule has 4 nitrogen and oxygen atoms in total. The number of carbonyl (C=O) groups excluding carboxylic acids is 1. The maximum Gasteiger partial charge on any atom is 0.222 e. The zero-order chi connectivity index (χ0) is 13.7. The lowest BCUT2D eigenvalue weighted by Crippen LogP contribution is -2.35. The van der Waals surface area contributed by atoms with Gasteiger partial charge in [0.05, 0.1) is 13.2 Å². The third-order valence-corrected chi connectivity index (χ3v) is 4.33. The summed E-state index contributed by atoms with van der Waals surface area (Å²) in [5.74, 6) is 1.67. The molecule has 2 aliphatic rings. The molecule has 2 aliphatic heterocycles. The Hall–Kier alpha value is -0.610. The molecule has 0 aromatic heterocycles. The highest BCUT2D eigenvalue weighted by Gasteiger charge is 2.25. The second-order valence-electron chi connectivity index (χ2n) is 6.03. The molecular weight excluding hydrogens is 242 g/mol. The molecule has 110 valence electrons. The van der Waals surface area contributed by atoms with Gasteiger partial charge in [-0.3, -0.25) is 4.79 Å². The van der Waals surface area contributed by atoms with E-state index in [4.69, 9.17) is 9.47 Å². The fourth-order valence-corrected chi connectivity index (χ4v) is 2.93. The van der Waals surface area contributed by atoms with Crippen molar-refractivity contribution in [1.29, 1.82) is 0 Å². The minimum atomic E-state index is -0.106. The molecule has 19 heavy (non-hydrogen) atoms. The van der Waals surface area contributed by atoms with E-state index in [-0.39, 0.29) is 6.29 Å². The highest BCUT2D eigenvalue weighted by molar-refractivity contribution is 5.76. The largest absolute Gasteiger partial charge is 0.353 e. The topological polar surface area (TPSA) is 38.8 Å². The van der Waals surface area contributed by atoms with Crippen LogP contribution in [0, 0.1) is 11.8 Å². The molecule has 0 aliphatic carbocycles. The number of amides is 1. The SMILES string of the molecule is CC(C)C1CCC(=O)N(CCC2OCCCO2)CC1. The quantitative estimate of drug-likeness (QED) is 0.787. The molecule has 0 aromatic rings. The fourth-order valence-electron chi connectivity index (χ4n) is 2.93. The first-order valence-electron chi connectivity index (χ1n) is 7.68. The highest BCUT2D eigenvalue weighted by atomic mass is 16.7. The minimum Gasteiger partial charge on any atom is -0.353 e. The van der Waals surface area contributed by atoms with Crippen molar-refractivity contribution in [3.63, 3.8) is 0 Å². The van der Waals surface area contributed by atoms with Gasteiger partial charge in [-0.2, -0.15) is 0 Å². The van der Waals surface area contributed by atoms with Crippen LogP contribution < -0.4 is 0 Å². The zero-order valence-electron chi connectivity index (χ0n) is 12.3. The van der Waals surface area contributed by atoms with Crippen LogP contribution >= 0.6 is 0 Å². The van der Waals surface area contributed by atoms with Gasteiger partial charge in [0, 0.05) is 25.9 Å². The molecule has 1 amide bonds. The van der Waals surface area contributed by atoms with Crippen molar-refractivity contribution in [2.24, 2.45) is 11.8 Å². The van der Waals surface area contributed by atoms with E-state index in [1.165, 1.54) is 0 Å². The van der Waals surface area contributed by atoms with Crippen LogP contribution in [0.3, 0.4) is 0 Å². The number of ether oxygens (including phenoxy) is 2. The Kier molecular flexibility index (Phi) is 5.64. The first kappa shape index (κ1) is 14.8. The van der Waals surface area contributed by atoms with Crippen LogP contribution in [0.5, 0.6) is 0 Å². The number of rotatable bonds is 4. The Labute approximate surface area is 116 Å². The minimum absolute atomic E-state index is 0.106. The molecule has 2 fully saturated rings. The number of nitrogens with zero attached hydrogens (tertiary/aromatic N) is 1. The van der Waals surface area contributed by atoms with Crippen LogP contribution in [0.2, 0.25) is 0 Å². The van der Waals surface area contributed by atoms with Crippen LogP contribution in [0.15, 0.2) is 0 Å². The normalized spacial score (nSPS) is 26.8. The third kappa shape index (κ3) is 4.46. The second kappa shape index (κ2) is 7.25. The molecule has 1 unspecified atom stereocenters. The smallest absolute Gasteiger partial charge is 0.222 e. The third-order valence-electron chi connectivity index (χ3n) is 4.33. The number of carbonyl (C=O) groups is 1. The standard InChI is InChI=1S/C15H27NO3/c1-12(2)13-4-5-14(17)16(8-6-13)9-7-15-18-10-3-11-19-15/h12-13,15H,3-11H2,1-2H3. The molecule has 1 atom stereocenters. The number of hydrogen-bond acceptors (Lipinski definition) is 3. The Morgan fingerprint density at radius 1 is 1.26 bits per heavy atom. The predicted molar refractivity (Wildman–Crippen MR) is 73.7 cm³/mol. The fraction of sp³-hybridized carbons (Fsp3) is 0.933. The van der Waals surface area contributed by atoms with Crippen molar-refractivity contribution in [1.82, 2.24) is 4.90 Å². The lowest BCUT2D eigenvalue weighted by Gasteiger charge is -2.27. The van der Waals surface area contributed by atoms with Crippen molar-refractivity contribution >= 4 is 5.91 Å². The van der Waals surface area contributed by atoms with Crippen LogP contribution in [0.25, 0.3) is 0 Å². The van der Waals surface area contributed by atoms with Gasteiger partial charge in [0.15, 0.2) is 6.29 Å². The van der Waals surface area contributed by atoms with Gasteiger partial charge in [-0.25, -0.2) is 0 Å². The van der Waals surface area contributed by atoms with Crippen molar-refractivity contribution in [2.45, 2.75) is 52.2 Å². The van der Waals surface area contributed by atoms with E-state index in [1.54, 1.807) is 0 Å². The van der Waals surface area contributed by atoms with E-state index in [0.29, 0.717) is 24.2 Å². The Morgan fingerprint density at radius 2 is 2.00 bits per heavy atom. The molecule has 2 rings (SSSR count). The predicted octanol–water partition coefficient (Wildman–Crippen LogP) is 2.42. The summed E-state index contributed by atoms with van der Waals surface area (Å²) in [5.41, 5.74) is 0. The zero-order valence-corrected chi connectivity index (χ0v) is 12.3. The Morgan fingerprint density at radius 3 is 2.68 bits per heavy atom. The van der Waals surface area contributed by atoms with Gasteiger partial charge in [-0.15, -0.1) is 0 Å². The van der Waals surface area contributed by atoms with Crippen LogP contribution in [0.4, 0.5) is 0 Å². The summed E-state index contributed by atoms with van der Waals surface area (Å²) in [6.07, 6.45) is 4.56. The summed E-state index contributed by atoms with van der Waals surface area (Å²) < 4.78 is 11.1. The molecular formula is C15H27NO3. The summed E-state index contributed by atoms with van der Waals surface area (Å²) in [7, 11) is 0. The van der Waals surface area contributed by atoms with Gasteiger partial charge in [0.1, 0.15) is 0 Å². The van der Waals surface area contributed by atoms with E-state index in [2.05, 4.69) is 13.8 Å². The van der Waals surface area contributed by atoms with Crippen molar-refractivity contribution < 1.29 is 14.3 Å². The van der Waals surface area contributed by atoms with Gasteiger partial charge in [-0.1, -0.05) is 13.8 Å². The lowest BCUT2D eigenvalue weighted by molar-refractivity contribution is -0.183. The van der Waals surface area contributed by atoms with Crippen molar-refractivity contribution in [3.8, 4) is 0 Å². The molecule has 0 saturated carbocycles. The van der Waals surface area contributed by atoms with Gasteiger partial charge in [0.25, 0.3) is 0 Å². The first-order chi connectivity index (χ1) is 9.16. The van der Waals surface area contributed by atoms with Gasteiger partial charge in [-0.05, 0) is 31.1 Å². The maximum atomic E-state index is 12.1. The molecule has 0 bridgehead atoms. The van der Waals surface area contributed by atoms with Gasteiger partial charge < -0.3 is 14.4 Å². The average molecular weight is 269 g/mol. The summed E-state index contributed by atoms with van der Waals surface area (Å²) in [6.45, 7) is 7.76. The first-order valence-corrected chi connectivity index (χ1v) is 7.68. The van der Waals surface area contributed by atoms with Crippen molar-refractivity contribution in [2.75, 3.05) is 26.3 Å². The number of likely N-dealkylation sites (tertiary alicyclic amines) is 1. The Bertz CT molecular complexity index is 287. The van der Waals surface area contributed by atoms with Crippen LogP contribution in [0.1, 0.15) is 46.0 Å². The van der Waals surface area contributed by atoms with E-state index >= 15 is 0 Å². The van der Waals surface area contributed by atoms with Crippen LogP contribution in [-0.4, -0.2) is 43.4 Å². The van der Waals surface area contributed by atoms with E-state index < -0.39 is 0 Å². The summed E-state index contributed by atoms with van der Waals surface area (Å²) in [6, 6.07) is 0. The monoisotopic (exact) mass is 269 g/mol. The lowest BCUT2D eigenvalue weighted by atomic mass is 9.89. The van der Waals surface area contributed by atoms with Gasteiger partial charge >= 0.3 is 0 Å². The summed E-state index contributed by atoms with van der Waals surface area (Å²) in [5, 5.41) is 0. The van der Waals surface area contributed by atoms with Crippen LogP contribution in [-0.2, 0) is 14.3 Å².